The van der Waals surface area contributed by atoms with E-state index in [1.807, 2.05) is 0 Å². The minimum absolute atomic E-state index is 0.772. The summed E-state index contributed by atoms with van der Waals surface area (Å²) in [7, 11) is 2.28. The van der Waals surface area contributed by atoms with Gasteiger partial charge in [-0.25, -0.2) is 0 Å². The van der Waals surface area contributed by atoms with Gasteiger partial charge in [-0.2, -0.15) is 0 Å². The molecule has 96 valence electrons. The second-order valence-electron chi connectivity index (χ2n) is 5.82. The number of nitrogens with zero attached hydrogens (tertiary/aromatic N) is 1. The third-order valence-corrected chi connectivity index (χ3v) is 3.60. The van der Waals surface area contributed by atoms with Crippen molar-refractivity contribution in [1.82, 2.24) is 10.2 Å². The fourth-order valence-electron chi connectivity index (χ4n) is 3.06. The van der Waals surface area contributed by atoms with Crippen LogP contribution in [0.3, 0.4) is 0 Å². The quantitative estimate of drug-likeness (QED) is 0.749. The summed E-state index contributed by atoms with van der Waals surface area (Å²) in [5.41, 5.74) is 0. The van der Waals surface area contributed by atoms with E-state index in [-0.39, 0.29) is 0 Å². The predicted octanol–water partition coefficient (Wildman–Crippen LogP) is 2.74. The summed E-state index contributed by atoms with van der Waals surface area (Å²) in [4.78, 5) is 2.52. The first-order valence-electron chi connectivity index (χ1n) is 7.05. The van der Waals surface area contributed by atoms with Crippen molar-refractivity contribution in [2.45, 2.75) is 52.5 Å². The van der Waals surface area contributed by atoms with Crippen LogP contribution < -0.4 is 5.32 Å². The fourth-order valence-corrected chi connectivity index (χ4v) is 3.06. The van der Waals surface area contributed by atoms with Gasteiger partial charge in [0.05, 0.1) is 0 Å². The molecule has 0 aliphatic heterocycles. The Kier molecular flexibility index (Phi) is 6.37. The average Bonchev–Trinajstić information content (AvgIpc) is 2.20. The zero-order valence-electron chi connectivity index (χ0n) is 11.6. The third kappa shape index (κ3) is 4.84. The summed E-state index contributed by atoms with van der Waals surface area (Å²) < 4.78 is 0. The van der Waals surface area contributed by atoms with Crippen LogP contribution in [-0.4, -0.2) is 37.6 Å². The lowest BCUT2D eigenvalue weighted by Gasteiger charge is -2.35. The zero-order valence-corrected chi connectivity index (χ0v) is 11.6. The van der Waals surface area contributed by atoms with E-state index in [1.165, 1.54) is 38.8 Å². The molecular formula is C14H30N2. The van der Waals surface area contributed by atoms with Gasteiger partial charge in [-0.05, 0) is 38.3 Å². The van der Waals surface area contributed by atoms with Gasteiger partial charge in [-0.1, -0.05) is 33.6 Å². The first-order valence-corrected chi connectivity index (χ1v) is 7.05. The molecular weight excluding hydrogens is 196 g/mol. The highest BCUT2D eigenvalue weighted by atomic mass is 15.1. The van der Waals surface area contributed by atoms with Crippen LogP contribution in [0.5, 0.6) is 0 Å². The van der Waals surface area contributed by atoms with Gasteiger partial charge in [0, 0.05) is 19.1 Å². The van der Waals surface area contributed by atoms with E-state index in [0.717, 1.165) is 24.4 Å². The monoisotopic (exact) mass is 226 g/mol. The molecule has 2 atom stereocenters. The van der Waals surface area contributed by atoms with Crippen molar-refractivity contribution < 1.29 is 0 Å². The van der Waals surface area contributed by atoms with Crippen molar-refractivity contribution in [2.75, 3.05) is 26.7 Å². The Morgan fingerprint density at radius 3 is 2.56 bits per heavy atom. The van der Waals surface area contributed by atoms with E-state index in [0.29, 0.717) is 0 Å². The maximum absolute atomic E-state index is 3.67. The molecule has 0 amide bonds. The normalized spacial score (nSPS) is 26.6. The second-order valence-corrected chi connectivity index (χ2v) is 5.82. The van der Waals surface area contributed by atoms with Gasteiger partial charge < -0.3 is 10.2 Å². The number of rotatable bonds is 6. The smallest absolute Gasteiger partial charge is 0.0107 e. The SMILES string of the molecule is CCNC1CCCCC1CN(C)CC(C)C. The van der Waals surface area contributed by atoms with Crippen molar-refractivity contribution in [3.63, 3.8) is 0 Å². The highest BCUT2D eigenvalue weighted by molar-refractivity contribution is 4.82. The van der Waals surface area contributed by atoms with E-state index in [1.54, 1.807) is 0 Å². The second kappa shape index (κ2) is 7.29. The van der Waals surface area contributed by atoms with Gasteiger partial charge in [0.25, 0.3) is 0 Å². The summed E-state index contributed by atoms with van der Waals surface area (Å²) in [5.74, 6) is 1.66. The Labute approximate surface area is 102 Å². The maximum atomic E-state index is 3.67. The molecule has 1 N–H and O–H groups in total. The molecule has 0 aromatic rings. The number of hydrogen-bond donors (Lipinski definition) is 1. The molecule has 1 aliphatic rings. The molecule has 0 radical (unpaired) electrons. The molecule has 2 unspecified atom stereocenters. The van der Waals surface area contributed by atoms with Crippen LogP contribution >= 0.6 is 0 Å². The van der Waals surface area contributed by atoms with Gasteiger partial charge in [-0.3, -0.25) is 0 Å². The summed E-state index contributed by atoms with van der Waals surface area (Å²) in [6.07, 6.45) is 5.65. The Morgan fingerprint density at radius 2 is 1.94 bits per heavy atom. The van der Waals surface area contributed by atoms with Crippen LogP contribution in [0.15, 0.2) is 0 Å². The molecule has 2 nitrogen and oxygen atoms in total. The van der Waals surface area contributed by atoms with Crippen LogP contribution in [0.2, 0.25) is 0 Å². The molecule has 16 heavy (non-hydrogen) atoms. The maximum Gasteiger partial charge on any atom is 0.0107 e. The van der Waals surface area contributed by atoms with Crippen LogP contribution in [0.1, 0.15) is 46.5 Å². The molecule has 1 aliphatic carbocycles. The number of nitrogens with one attached hydrogen (secondary N) is 1. The van der Waals surface area contributed by atoms with E-state index in [2.05, 4.69) is 38.0 Å². The molecule has 0 aromatic carbocycles. The van der Waals surface area contributed by atoms with E-state index in [4.69, 9.17) is 0 Å². The lowest BCUT2D eigenvalue weighted by atomic mass is 9.84. The highest BCUT2D eigenvalue weighted by Crippen LogP contribution is 2.25. The molecule has 0 heterocycles. The van der Waals surface area contributed by atoms with Crippen LogP contribution in [0.25, 0.3) is 0 Å². The Morgan fingerprint density at radius 1 is 1.25 bits per heavy atom. The molecule has 0 bridgehead atoms. The molecule has 1 fully saturated rings. The first kappa shape index (κ1) is 14.0. The Balaban J connectivity index is 2.36. The number of hydrogen-bond acceptors (Lipinski definition) is 2. The van der Waals surface area contributed by atoms with Crippen molar-refractivity contribution in [3.8, 4) is 0 Å². The summed E-state index contributed by atoms with van der Waals surface area (Å²) >= 11 is 0. The third-order valence-electron chi connectivity index (χ3n) is 3.60. The van der Waals surface area contributed by atoms with E-state index < -0.39 is 0 Å². The fraction of sp³-hybridized carbons (Fsp3) is 1.00. The minimum atomic E-state index is 0.772. The van der Waals surface area contributed by atoms with Gasteiger partial charge >= 0.3 is 0 Å². The highest BCUT2D eigenvalue weighted by Gasteiger charge is 2.25. The van der Waals surface area contributed by atoms with Gasteiger partial charge in [0.1, 0.15) is 0 Å². The molecule has 2 heteroatoms. The van der Waals surface area contributed by atoms with Gasteiger partial charge in [0.2, 0.25) is 0 Å². The van der Waals surface area contributed by atoms with Gasteiger partial charge in [-0.15, -0.1) is 0 Å². The molecule has 1 saturated carbocycles. The van der Waals surface area contributed by atoms with Crippen LogP contribution in [0, 0.1) is 11.8 Å². The van der Waals surface area contributed by atoms with Crippen molar-refractivity contribution >= 4 is 0 Å². The Hall–Kier alpha value is -0.0800. The van der Waals surface area contributed by atoms with E-state index in [9.17, 15) is 0 Å². The molecule has 0 saturated heterocycles. The van der Waals surface area contributed by atoms with Crippen molar-refractivity contribution in [1.29, 1.82) is 0 Å². The summed E-state index contributed by atoms with van der Waals surface area (Å²) in [5, 5.41) is 3.67. The topological polar surface area (TPSA) is 15.3 Å². The predicted molar refractivity (Wildman–Crippen MR) is 71.8 cm³/mol. The summed E-state index contributed by atoms with van der Waals surface area (Å²) in [6, 6.07) is 0.772. The van der Waals surface area contributed by atoms with Crippen LogP contribution in [-0.2, 0) is 0 Å². The lowest BCUT2D eigenvalue weighted by molar-refractivity contribution is 0.180. The molecule has 0 spiro atoms. The van der Waals surface area contributed by atoms with Crippen molar-refractivity contribution in [2.24, 2.45) is 11.8 Å². The average molecular weight is 226 g/mol. The largest absolute Gasteiger partial charge is 0.314 e. The van der Waals surface area contributed by atoms with Gasteiger partial charge in [0.15, 0.2) is 0 Å². The Bertz CT molecular complexity index is 178. The first-order chi connectivity index (χ1) is 7.63. The molecule has 0 aromatic heterocycles. The summed E-state index contributed by atoms with van der Waals surface area (Å²) in [6.45, 7) is 10.5. The standard InChI is InChI=1S/C14H30N2/c1-5-15-14-9-7-6-8-13(14)11-16(4)10-12(2)3/h12-15H,5-11H2,1-4H3. The zero-order chi connectivity index (χ0) is 12.0. The molecule has 1 rings (SSSR count). The van der Waals surface area contributed by atoms with Crippen molar-refractivity contribution in [3.05, 3.63) is 0 Å². The van der Waals surface area contributed by atoms with Crippen LogP contribution in [0.4, 0.5) is 0 Å². The van der Waals surface area contributed by atoms with E-state index >= 15 is 0 Å². The lowest BCUT2D eigenvalue weighted by Crippen LogP contribution is -2.43. The minimum Gasteiger partial charge on any atom is -0.314 e.